The van der Waals surface area contributed by atoms with E-state index < -0.39 is 0 Å². The number of nitrogens with two attached hydrogens (primary N) is 1. The zero-order valence-electron chi connectivity index (χ0n) is 7.54. The number of hydrazine groups is 1. The van der Waals surface area contributed by atoms with Gasteiger partial charge < -0.3 is 9.84 Å². The van der Waals surface area contributed by atoms with Crippen molar-refractivity contribution in [1.29, 1.82) is 0 Å². The van der Waals surface area contributed by atoms with Gasteiger partial charge in [0.05, 0.1) is 0 Å². The fraction of sp³-hybridized carbons (Fsp3) is 0.375. The van der Waals surface area contributed by atoms with Crippen LogP contribution in [0.15, 0.2) is 21.5 Å². The second-order valence-electron chi connectivity index (χ2n) is 2.82. The first kappa shape index (κ1) is 10.1. The van der Waals surface area contributed by atoms with Gasteiger partial charge in [0.25, 0.3) is 0 Å². The normalized spacial score (nSPS) is 12.2. The van der Waals surface area contributed by atoms with Crippen LogP contribution in [0.5, 0.6) is 0 Å². The average Bonchev–Trinajstić information content (AvgIpc) is 2.47. The topological polar surface area (TPSA) is 63.5 Å². The molecule has 72 valence electrons. The number of amidine groups is 1. The van der Waals surface area contributed by atoms with Crippen molar-refractivity contribution in [2.75, 3.05) is 0 Å². The van der Waals surface area contributed by atoms with E-state index in [1.807, 2.05) is 13.8 Å². The van der Waals surface area contributed by atoms with Crippen molar-refractivity contribution in [2.45, 2.75) is 19.9 Å². The van der Waals surface area contributed by atoms with Crippen LogP contribution in [0, 0.1) is 0 Å². The third kappa shape index (κ3) is 2.75. The fourth-order valence-corrected chi connectivity index (χ4v) is 1.02. The van der Waals surface area contributed by atoms with Gasteiger partial charge in [-0.2, -0.15) is 0 Å². The molecule has 0 saturated heterocycles. The van der Waals surface area contributed by atoms with Crippen molar-refractivity contribution < 1.29 is 4.42 Å². The highest BCUT2D eigenvalue weighted by Crippen LogP contribution is 2.13. The maximum absolute atomic E-state index is 5.61. The lowest BCUT2D eigenvalue weighted by atomic mass is 10.4. The van der Waals surface area contributed by atoms with E-state index in [1.54, 1.807) is 12.1 Å². The third-order valence-corrected chi connectivity index (χ3v) is 1.53. The largest absolute Gasteiger partial charge is 0.441 e. The predicted octanol–water partition coefficient (Wildman–Crippen LogP) is 1.55. The van der Waals surface area contributed by atoms with Gasteiger partial charge in [-0.3, -0.25) is 4.99 Å². The highest BCUT2D eigenvalue weighted by Gasteiger charge is 2.07. The standard InChI is InChI=1S/C8H12ClN3O/c1-5(2)11-8(12-10)6-3-4-7(9)13-6/h3-5H,10H2,1-2H3,(H,11,12). The maximum atomic E-state index is 5.61. The number of halogens is 1. The molecule has 5 heteroatoms. The van der Waals surface area contributed by atoms with Gasteiger partial charge in [0.2, 0.25) is 0 Å². The van der Waals surface area contributed by atoms with Crippen LogP contribution >= 0.6 is 11.6 Å². The van der Waals surface area contributed by atoms with E-state index in [0.717, 1.165) is 0 Å². The summed E-state index contributed by atoms with van der Waals surface area (Å²) in [4.78, 5) is 4.21. The Morgan fingerprint density at radius 3 is 2.69 bits per heavy atom. The van der Waals surface area contributed by atoms with Gasteiger partial charge in [-0.05, 0) is 37.6 Å². The molecule has 0 fully saturated rings. The van der Waals surface area contributed by atoms with Gasteiger partial charge in [-0.15, -0.1) is 0 Å². The molecule has 0 aliphatic carbocycles. The van der Waals surface area contributed by atoms with Crippen LogP contribution in [-0.4, -0.2) is 11.9 Å². The Morgan fingerprint density at radius 1 is 1.62 bits per heavy atom. The molecule has 0 radical (unpaired) electrons. The third-order valence-electron chi connectivity index (χ3n) is 1.33. The Hall–Kier alpha value is -1.00. The fourth-order valence-electron chi connectivity index (χ4n) is 0.872. The minimum Gasteiger partial charge on any atom is -0.441 e. The van der Waals surface area contributed by atoms with Crippen LogP contribution in [0.1, 0.15) is 19.6 Å². The van der Waals surface area contributed by atoms with E-state index in [0.29, 0.717) is 16.8 Å². The van der Waals surface area contributed by atoms with Gasteiger partial charge in [0.15, 0.2) is 16.8 Å². The van der Waals surface area contributed by atoms with Gasteiger partial charge in [-0.25, -0.2) is 5.84 Å². The number of nitrogens with one attached hydrogen (secondary N) is 1. The van der Waals surface area contributed by atoms with Crippen molar-refractivity contribution >= 4 is 17.4 Å². The molecule has 1 aromatic heterocycles. The smallest absolute Gasteiger partial charge is 0.194 e. The van der Waals surface area contributed by atoms with E-state index in [4.69, 9.17) is 21.9 Å². The molecule has 4 nitrogen and oxygen atoms in total. The van der Waals surface area contributed by atoms with Crippen LogP contribution in [0.4, 0.5) is 0 Å². The van der Waals surface area contributed by atoms with E-state index >= 15 is 0 Å². The number of hydrogen-bond donors (Lipinski definition) is 2. The summed E-state index contributed by atoms with van der Waals surface area (Å²) in [7, 11) is 0. The van der Waals surface area contributed by atoms with Crippen LogP contribution in [-0.2, 0) is 0 Å². The molecular formula is C8H12ClN3O. The first-order chi connectivity index (χ1) is 6.13. The van der Waals surface area contributed by atoms with E-state index in [2.05, 4.69) is 10.4 Å². The minimum absolute atomic E-state index is 0.148. The summed E-state index contributed by atoms with van der Waals surface area (Å²) in [5.41, 5.74) is 2.46. The molecule has 0 aliphatic rings. The number of furan rings is 1. The van der Waals surface area contributed by atoms with Crippen molar-refractivity contribution in [1.82, 2.24) is 5.43 Å². The summed E-state index contributed by atoms with van der Waals surface area (Å²) >= 11 is 5.61. The molecule has 0 aliphatic heterocycles. The first-order valence-corrected chi connectivity index (χ1v) is 4.31. The van der Waals surface area contributed by atoms with Gasteiger partial charge in [0.1, 0.15) is 0 Å². The highest BCUT2D eigenvalue weighted by molar-refractivity contribution is 6.29. The molecular weight excluding hydrogens is 190 g/mol. The lowest BCUT2D eigenvalue weighted by Crippen LogP contribution is -2.31. The Kier molecular flexibility index (Phi) is 3.33. The molecule has 0 amide bonds. The zero-order valence-corrected chi connectivity index (χ0v) is 8.30. The lowest BCUT2D eigenvalue weighted by molar-refractivity contribution is 0.554. The van der Waals surface area contributed by atoms with Gasteiger partial charge >= 0.3 is 0 Å². The molecule has 1 heterocycles. The Balaban J connectivity index is 2.90. The average molecular weight is 202 g/mol. The summed E-state index contributed by atoms with van der Waals surface area (Å²) in [6.45, 7) is 3.89. The number of hydrogen-bond acceptors (Lipinski definition) is 3. The van der Waals surface area contributed by atoms with Crippen molar-refractivity contribution in [3.8, 4) is 0 Å². The summed E-state index contributed by atoms with van der Waals surface area (Å²) < 4.78 is 5.13. The summed E-state index contributed by atoms with van der Waals surface area (Å²) in [5, 5.41) is 0.321. The molecule has 3 N–H and O–H groups in total. The maximum Gasteiger partial charge on any atom is 0.194 e. The van der Waals surface area contributed by atoms with Gasteiger partial charge in [0, 0.05) is 6.04 Å². The van der Waals surface area contributed by atoms with Crippen LogP contribution in [0.2, 0.25) is 5.22 Å². The number of nitrogens with zero attached hydrogens (tertiary/aromatic N) is 1. The summed E-state index contributed by atoms with van der Waals surface area (Å²) in [5.74, 6) is 6.32. The number of aliphatic imine (C=N–C) groups is 1. The monoisotopic (exact) mass is 201 g/mol. The molecule has 0 unspecified atom stereocenters. The van der Waals surface area contributed by atoms with E-state index in [1.165, 1.54) is 0 Å². The Labute approximate surface area is 81.7 Å². The highest BCUT2D eigenvalue weighted by atomic mass is 35.5. The lowest BCUT2D eigenvalue weighted by Gasteiger charge is -2.03. The van der Waals surface area contributed by atoms with E-state index in [-0.39, 0.29) is 6.04 Å². The van der Waals surface area contributed by atoms with Gasteiger partial charge in [-0.1, -0.05) is 0 Å². The molecule has 0 spiro atoms. The van der Waals surface area contributed by atoms with Crippen molar-refractivity contribution in [3.05, 3.63) is 23.1 Å². The second kappa shape index (κ2) is 4.30. The second-order valence-corrected chi connectivity index (χ2v) is 3.19. The van der Waals surface area contributed by atoms with Crippen molar-refractivity contribution in [2.24, 2.45) is 10.8 Å². The first-order valence-electron chi connectivity index (χ1n) is 3.93. The Bertz CT molecular complexity index is 306. The molecule has 0 aromatic carbocycles. The zero-order chi connectivity index (χ0) is 9.84. The summed E-state index contributed by atoms with van der Waals surface area (Å²) in [6.07, 6.45) is 0. The predicted molar refractivity (Wildman–Crippen MR) is 52.7 cm³/mol. The van der Waals surface area contributed by atoms with Crippen molar-refractivity contribution in [3.63, 3.8) is 0 Å². The van der Waals surface area contributed by atoms with Crippen LogP contribution < -0.4 is 11.3 Å². The quantitative estimate of drug-likeness (QED) is 0.330. The summed E-state index contributed by atoms with van der Waals surface area (Å²) in [6, 6.07) is 3.50. The molecule has 0 atom stereocenters. The van der Waals surface area contributed by atoms with Crippen LogP contribution in [0.3, 0.4) is 0 Å². The molecule has 1 rings (SSSR count). The molecule has 0 bridgehead atoms. The van der Waals surface area contributed by atoms with Crippen LogP contribution in [0.25, 0.3) is 0 Å². The minimum atomic E-state index is 0.148. The SMILES string of the molecule is CC(C)N=C(NN)c1ccc(Cl)o1. The molecule has 1 aromatic rings. The number of rotatable bonds is 2. The molecule has 13 heavy (non-hydrogen) atoms. The van der Waals surface area contributed by atoms with E-state index in [9.17, 15) is 0 Å². The Morgan fingerprint density at radius 2 is 2.31 bits per heavy atom. The molecule has 0 saturated carbocycles.